The molecule has 0 amide bonds. The molecule has 4 nitrogen and oxygen atoms in total. The molecule has 6 heteroatoms. The van der Waals surface area contributed by atoms with E-state index in [0.717, 1.165) is 25.7 Å². The van der Waals surface area contributed by atoms with Gasteiger partial charge in [0.2, 0.25) is 0 Å². The van der Waals surface area contributed by atoms with Gasteiger partial charge in [-0.25, -0.2) is 13.6 Å². The molecule has 4 rings (SSSR count). The molecule has 2 saturated heterocycles. The molecule has 1 aromatic heterocycles. The molecule has 0 aliphatic carbocycles. The molecule has 2 aliphatic rings. The van der Waals surface area contributed by atoms with Crippen LogP contribution in [0.4, 0.5) is 8.78 Å². The first-order valence-corrected chi connectivity index (χ1v) is 8.82. The van der Waals surface area contributed by atoms with Crippen LogP contribution < -0.4 is 0 Å². The molecule has 0 saturated carbocycles. The lowest BCUT2D eigenvalue weighted by molar-refractivity contribution is -0.000317. The first kappa shape index (κ1) is 16.5. The second kappa shape index (κ2) is 6.41. The van der Waals surface area contributed by atoms with E-state index in [1.54, 1.807) is 18.2 Å². The molecule has 134 valence electrons. The highest BCUT2D eigenvalue weighted by molar-refractivity contribution is 6.04. The molecule has 2 unspecified atom stereocenters. The second-order valence-corrected chi connectivity index (χ2v) is 7.15. The molecular weight excluding hydrogens is 326 g/mol. The van der Waals surface area contributed by atoms with Crippen LogP contribution in [-0.2, 0) is 11.3 Å². The number of para-hydroxylation sites is 1. The number of aromatic nitrogens is 1. The van der Waals surface area contributed by atoms with E-state index >= 15 is 0 Å². The molecule has 0 radical (unpaired) electrons. The van der Waals surface area contributed by atoms with E-state index in [1.807, 2.05) is 6.07 Å². The molecule has 2 aromatic rings. The molecule has 2 fully saturated rings. The molecule has 2 bridgehead atoms. The van der Waals surface area contributed by atoms with Crippen LogP contribution in [0.25, 0.3) is 10.9 Å². The third-order valence-corrected chi connectivity index (χ3v) is 5.67. The number of carbonyl (C=O) groups is 1. The van der Waals surface area contributed by atoms with E-state index < -0.39 is 18.9 Å². The number of hydrogen-bond acceptors (Lipinski definition) is 3. The van der Waals surface area contributed by atoms with Crippen molar-refractivity contribution >= 4 is 16.9 Å². The van der Waals surface area contributed by atoms with Crippen LogP contribution in [-0.4, -0.2) is 47.1 Å². The fourth-order valence-electron chi connectivity index (χ4n) is 4.38. The first-order valence-electron chi connectivity index (χ1n) is 8.82. The Hall–Kier alpha value is -1.95. The van der Waals surface area contributed by atoms with Gasteiger partial charge in [-0.15, -0.1) is 0 Å². The number of hydrogen-bond donors (Lipinski definition) is 0. The van der Waals surface area contributed by atoms with Gasteiger partial charge in [-0.05, 0) is 26.0 Å². The summed E-state index contributed by atoms with van der Waals surface area (Å²) >= 11 is 0. The van der Waals surface area contributed by atoms with Gasteiger partial charge in [-0.1, -0.05) is 18.2 Å². The van der Waals surface area contributed by atoms with E-state index in [1.165, 1.54) is 10.8 Å². The van der Waals surface area contributed by atoms with Crippen molar-refractivity contribution < 1.29 is 18.3 Å². The lowest BCUT2D eigenvalue weighted by Crippen LogP contribution is -2.43. The maximum absolute atomic E-state index is 12.8. The van der Waals surface area contributed by atoms with E-state index in [4.69, 9.17) is 4.74 Å². The fourth-order valence-corrected chi connectivity index (χ4v) is 4.38. The summed E-state index contributed by atoms with van der Waals surface area (Å²) in [6.07, 6.45) is 2.97. The van der Waals surface area contributed by atoms with Crippen molar-refractivity contribution in [3.05, 3.63) is 36.0 Å². The normalized spacial score (nSPS) is 26.5. The minimum absolute atomic E-state index is 0.0848. The van der Waals surface area contributed by atoms with Gasteiger partial charge in [0.1, 0.15) is 6.10 Å². The number of fused-ring (bicyclic) bond motifs is 3. The predicted octanol–water partition coefficient (Wildman–Crippen LogP) is 3.69. The molecule has 3 heterocycles. The van der Waals surface area contributed by atoms with Gasteiger partial charge in [0, 0.05) is 42.0 Å². The number of benzene rings is 1. The minimum Gasteiger partial charge on any atom is -0.459 e. The number of alkyl halides is 2. The molecule has 0 N–H and O–H groups in total. The van der Waals surface area contributed by atoms with E-state index in [2.05, 4.69) is 11.9 Å². The van der Waals surface area contributed by atoms with Crippen molar-refractivity contribution in [2.45, 2.75) is 56.8 Å². The third-order valence-electron chi connectivity index (χ3n) is 5.67. The lowest BCUT2D eigenvalue weighted by Gasteiger charge is -2.35. The quantitative estimate of drug-likeness (QED) is 0.791. The average Bonchev–Trinajstić information content (AvgIpc) is 3.01. The Bertz CT molecular complexity index is 775. The van der Waals surface area contributed by atoms with Crippen LogP contribution in [0, 0.1) is 0 Å². The SMILES string of the molecule is CN1C2CCC1CC(OC(=O)c1cn(CC(F)F)c3ccccc13)C2. The summed E-state index contributed by atoms with van der Waals surface area (Å²) in [6, 6.07) is 8.10. The first-order chi connectivity index (χ1) is 12.0. The van der Waals surface area contributed by atoms with Crippen LogP contribution in [0.5, 0.6) is 0 Å². The molecule has 1 aromatic carbocycles. The Balaban J connectivity index is 1.56. The highest BCUT2D eigenvalue weighted by Crippen LogP contribution is 2.36. The summed E-state index contributed by atoms with van der Waals surface area (Å²) in [5.74, 6) is -0.404. The van der Waals surface area contributed by atoms with Crippen LogP contribution in [0.3, 0.4) is 0 Å². The zero-order valence-corrected chi connectivity index (χ0v) is 14.2. The van der Waals surface area contributed by atoms with Crippen molar-refractivity contribution in [2.75, 3.05) is 7.05 Å². The second-order valence-electron chi connectivity index (χ2n) is 7.15. The highest BCUT2D eigenvalue weighted by atomic mass is 19.3. The number of ether oxygens (including phenoxy) is 1. The standard InChI is InChI=1S/C19H22F2N2O2/c1-22-12-6-7-13(22)9-14(8-12)25-19(24)16-10-23(11-18(20)21)17-5-3-2-4-15(16)17/h2-5,10,12-14,18H,6-9,11H2,1H3. The van der Waals surface area contributed by atoms with Crippen LogP contribution in [0.15, 0.2) is 30.5 Å². The Morgan fingerprint density at radius 3 is 2.60 bits per heavy atom. The largest absolute Gasteiger partial charge is 0.459 e. The lowest BCUT2D eigenvalue weighted by atomic mass is 10.0. The summed E-state index contributed by atoms with van der Waals surface area (Å²) < 4.78 is 32.8. The maximum Gasteiger partial charge on any atom is 0.340 e. The van der Waals surface area contributed by atoms with Gasteiger partial charge >= 0.3 is 5.97 Å². The number of halogens is 2. The molecular formula is C19H22F2N2O2. The summed E-state index contributed by atoms with van der Waals surface area (Å²) in [5, 5.41) is 0.670. The van der Waals surface area contributed by atoms with Gasteiger partial charge in [0.25, 0.3) is 6.43 Å². The number of nitrogens with zero attached hydrogens (tertiary/aromatic N) is 2. The topological polar surface area (TPSA) is 34.5 Å². The van der Waals surface area contributed by atoms with Crippen LogP contribution in [0.1, 0.15) is 36.0 Å². The zero-order chi connectivity index (χ0) is 17.6. The Morgan fingerprint density at radius 1 is 1.24 bits per heavy atom. The number of carbonyl (C=O) groups excluding carboxylic acids is 1. The summed E-state index contributed by atoms with van der Waals surface area (Å²) in [6.45, 7) is -0.424. The molecule has 0 spiro atoms. The van der Waals surface area contributed by atoms with Gasteiger partial charge in [-0.2, -0.15) is 0 Å². The monoisotopic (exact) mass is 348 g/mol. The van der Waals surface area contributed by atoms with Crippen molar-refractivity contribution in [2.24, 2.45) is 0 Å². The van der Waals surface area contributed by atoms with Gasteiger partial charge < -0.3 is 14.2 Å². The fraction of sp³-hybridized carbons (Fsp3) is 0.526. The van der Waals surface area contributed by atoms with Crippen molar-refractivity contribution in [3.63, 3.8) is 0 Å². The third kappa shape index (κ3) is 3.03. The van der Waals surface area contributed by atoms with Gasteiger partial charge in [-0.3, -0.25) is 0 Å². The Labute approximate surface area is 145 Å². The van der Waals surface area contributed by atoms with Gasteiger partial charge in [0.15, 0.2) is 0 Å². The summed E-state index contributed by atoms with van der Waals surface area (Å²) in [5.41, 5.74) is 1.01. The predicted molar refractivity (Wildman–Crippen MR) is 91.0 cm³/mol. The van der Waals surface area contributed by atoms with Crippen molar-refractivity contribution in [1.29, 1.82) is 0 Å². The van der Waals surface area contributed by atoms with Crippen molar-refractivity contribution in [3.8, 4) is 0 Å². The zero-order valence-electron chi connectivity index (χ0n) is 14.2. The maximum atomic E-state index is 12.8. The van der Waals surface area contributed by atoms with E-state index in [9.17, 15) is 13.6 Å². The highest BCUT2D eigenvalue weighted by Gasteiger charge is 2.40. The van der Waals surface area contributed by atoms with Crippen molar-refractivity contribution in [1.82, 2.24) is 9.47 Å². The van der Waals surface area contributed by atoms with Crippen LogP contribution in [0.2, 0.25) is 0 Å². The van der Waals surface area contributed by atoms with Crippen LogP contribution >= 0.6 is 0 Å². The minimum atomic E-state index is -2.47. The average molecular weight is 348 g/mol. The number of piperidine rings is 1. The molecule has 2 aliphatic heterocycles. The Morgan fingerprint density at radius 2 is 1.92 bits per heavy atom. The summed E-state index contributed by atoms with van der Waals surface area (Å²) in [7, 11) is 2.14. The van der Waals surface area contributed by atoms with E-state index in [-0.39, 0.29) is 6.10 Å². The molecule has 2 atom stereocenters. The Kier molecular flexibility index (Phi) is 4.23. The smallest absolute Gasteiger partial charge is 0.340 e. The summed E-state index contributed by atoms with van der Waals surface area (Å²) in [4.78, 5) is 15.1. The van der Waals surface area contributed by atoms with E-state index in [0.29, 0.717) is 28.6 Å². The van der Waals surface area contributed by atoms with Gasteiger partial charge in [0.05, 0.1) is 12.1 Å². The molecule has 25 heavy (non-hydrogen) atoms. The number of rotatable bonds is 4. The number of esters is 1.